The molecule has 0 aliphatic carbocycles. The zero-order valence-electron chi connectivity index (χ0n) is 16.1. The van der Waals surface area contributed by atoms with Crippen molar-refractivity contribution in [2.75, 3.05) is 7.11 Å². The standard InChI is InChI=1S/C21H20Cl2N2O3S/c1-11-19(12(2)26)20(25-21(29)24-11)14-5-7-17(18(9-14)27-3)28-10-13-4-6-15(22)16(23)8-13/h4-9,20H,10H2,1-3H3,(H2,24,25,29). The van der Waals surface area contributed by atoms with Crippen molar-refractivity contribution in [2.24, 2.45) is 0 Å². The highest BCUT2D eigenvalue weighted by Crippen LogP contribution is 2.35. The van der Waals surface area contributed by atoms with Crippen LogP contribution in [-0.2, 0) is 11.4 Å². The second-order valence-electron chi connectivity index (χ2n) is 6.57. The number of benzene rings is 2. The largest absolute Gasteiger partial charge is 0.493 e. The van der Waals surface area contributed by atoms with E-state index in [1.54, 1.807) is 19.2 Å². The van der Waals surface area contributed by atoms with Gasteiger partial charge in [-0.1, -0.05) is 35.3 Å². The van der Waals surface area contributed by atoms with E-state index >= 15 is 0 Å². The molecule has 2 aromatic carbocycles. The van der Waals surface area contributed by atoms with E-state index in [0.29, 0.717) is 38.8 Å². The van der Waals surface area contributed by atoms with Gasteiger partial charge in [0.1, 0.15) is 6.61 Å². The number of allylic oxidation sites excluding steroid dienone is 1. The second kappa shape index (κ2) is 9.03. The molecule has 0 saturated carbocycles. The Labute approximate surface area is 185 Å². The first-order valence-corrected chi connectivity index (χ1v) is 10.0. The van der Waals surface area contributed by atoms with Gasteiger partial charge in [0.2, 0.25) is 0 Å². The van der Waals surface area contributed by atoms with Gasteiger partial charge in [-0.15, -0.1) is 0 Å². The fourth-order valence-electron chi connectivity index (χ4n) is 3.18. The topological polar surface area (TPSA) is 59.6 Å². The third-order valence-corrected chi connectivity index (χ3v) is 5.51. The smallest absolute Gasteiger partial charge is 0.171 e. The Bertz CT molecular complexity index is 1010. The van der Waals surface area contributed by atoms with Crippen LogP contribution in [0.1, 0.15) is 31.0 Å². The first kappa shape index (κ1) is 21.4. The number of methoxy groups -OCH3 is 1. The third-order valence-electron chi connectivity index (χ3n) is 4.55. The fourth-order valence-corrected chi connectivity index (χ4v) is 3.78. The van der Waals surface area contributed by atoms with E-state index in [-0.39, 0.29) is 11.8 Å². The number of rotatable bonds is 6. The van der Waals surface area contributed by atoms with E-state index in [2.05, 4.69) is 10.6 Å². The monoisotopic (exact) mass is 450 g/mol. The highest BCUT2D eigenvalue weighted by atomic mass is 35.5. The lowest BCUT2D eigenvalue weighted by Gasteiger charge is -2.30. The average molecular weight is 451 g/mol. The van der Waals surface area contributed by atoms with E-state index in [9.17, 15) is 4.79 Å². The van der Waals surface area contributed by atoms with Gasteiger partial charge < -0.3 is 20.1 Å². The molecule has 0 radical (unpaired) electrons. The van der Waals surface area contributed by atoms with Crippen LogP contribution in [0.2, 0.25) is 10.0 Å². The van der Waals surface area contributed by atoms with Crippen molar-refractivity contribution >= 4 is 46.3 Å². The molecule has 1 unspecified atom stereocenters. The van der Waals surface area contributed by atoms with Crippen LogP contribution in [-0.4, -0.2) is 18.0 Å². The highest BCUT2D eigenvalue weighted by molar-refractivity contribution is 7.80. The molecule has 2 aromatic rings. The number of hydrogen-bond acceptors (Lipinski definition) is 4. The van der Waals surface area contributed by atoms with Crippen LogP contribution in [0.4, 0.5) is 0 Å². The van der Waals surface area contributed by atoms with Crippen molar-refractivity contribution in [3.05, 3.63) is 68.8 Å². The molecular formula is C21H20Cl2N2O3S. The molecule has 2 N–H and O–H groups in total. The van der Waals surface area contributed by atoms with Gasteiger partial charge in [-0.25, -0.2) is 0 Å². The summed E-state index contributed by atoms with van der Waals surface area (Å²) in [7, 11) is 1.57. The van der Waals surface area contributed by atoms with Gasteiger partial charge in [-0.3, -0.25) is 4.79 Å². The van der Waals surface area contributed by atoms with Gasteiger partial charge >= 0.3 is 0 Å². The minimum Gasteiger partial charge on any atom is -0.493 e. The Morgan fingerprint density at radius 3 is 2.55 bits per heavy atom. The summed E-state index contributed by atoms with van der Waals surface area (Å²) in [4.78, 5) is 12.2. The van der Waals surface area contributed by atoms with Gasteiger partial charge in [-0.2, -0.15) is 0 Å². The molecule has 1 atom stereocenters. The van der Waals surface area contributed by atoms with Crippen molar-refractivity contribution in [3.8, 4) is 11.5 Å². The highest BCUT2D eigenvalue weighted by Gasteiger charge is 2.28. The van der Waals surface area contributed by atoms with Crippen LogP contribution < -0.4 is 20.1 Å². The molecule has 29 heavy (non-hydrogen) atoms. The Morgan fingerprint density at radius 1 is 1.14 bits per heavy atom. The number of carbonyl (C=O) groups is 1. The van der Waals surface area contributed by atoms with Gasteiger partial charge in [0.25, 0.3) is 0 Å². The van der Waals surface area contributed by atoms with Gasteiger partial charge in [0, 0.05) is 11.3 Å². The Kier molecular flexibility index (Phi) is 6.67. The van der Waals surface area contributed by atoms with E-state index in [1.165, 1.54) is 6.92 Å². The van der Waals surface area contributed by atoms with E-state index in [0.717, 1.165) is 16.8 Å². The molecule has 1 heterocycles. The first-order chi connectivity index (χ1) is 13.8. The molecule has 1 aliphatic rings. The molecule has 152 valence electrons. The van der Waals surface area contributed by atoms with Crippen molar-refractivity contribution in [2.45, 2.75) is 26.5 Å². The number of ketones is 1. The number of thiocarbonyl (C=S) groups is 1. The zero-order chi connectivity index (χ0) is 21.1. The van der Waals surface area contributed by atoms with E-state index < -0.39 is 0 Å². The lowest BCUT2D eigenvalue weighted by Crippen LogP contribution is -2.44. The number of ether oxygens (including phenoxy) is 2. The third kappa shape index (κ3) is 4.83. The minimum absolute atomic E-state index is 0.0334. The Morgan fingerprint density at radius 2 is 1.90 bits per heavy atom. The molecule has 0 fully saturated rings. The normalized spacial score (nSPS) is 16.2. The molecule has 0 aromatic heterocycles. The number of Topliss-reactive ketones (excluding diaryl/α,β-unsaturated/α-hetero) is 1. The summed E-state index contributed by atoms with van der Waals surface area (Å²) in [6.45, 7) is 3.68. The van der Waals surface area contributed by atoms with Gasteiger partial charge in [0.05, 0.1) is 23.2 Å². The number of halogens is 2. The molecule has 0 bridgehead atoms. The summed E-state index contributed by atoms with van der Waals surface area (Å²) in [6, 6.07) is 10.5. The van der Waals surface area contributed by atoms with Crippen molar-refractivity contribution in [1.82, 2.24) is 10.6 Å². The molecule has 8 heteroatoms. The van der Waals surface area contributed by atoms with Gasteiger partial charge in [0.15, 0.2) is 22.4 Å². The van der Waals surface area contributed by atoms with Crippen molar-refractivity contribution in [1.29, 1.82) is 0 Å². The Hall–Kier alpha value is -2.28. The molecule has 5 nitrogen and oxygen atoms in total. The molecular weight excluding hydrogens is 431 g/mol. The SMILES string of the molecule is COc1cc(C2NC(=S)NC(C)=C2C(C)=O)ccc1OCc1ccc(Cl)c(Cl)c1. The molecule has 0 spiro atoms. The molecule has 3 rings (SSSR count). The lowest BCUT2D eigenvalue weighted by molar-refractivity contribution is -0.114. The summed E-state index contributed by atoms with van der Waals surface area (Å²) in [6.07, 6.45) is 0. The van der Waals surface area contributed by atoms with Crippen LogP contribution in [0.5, 0.6) is 11.5 Å². The van der Waals surface area contributed by atoms with Crippen LogP contribution in [0.25, 0.3) is 0 Å². The maximum atomic E-state index is 12.2. The maximum absolute atomic E-state index is 12.2. The van der Waals surface area contributed by atoms with Crippen LogP contribution in [0.3, 0.4) is 0 Å². The number of hydrogen-bond donors (Lipinski definition) is 2. The van der Waals surface area contributed by atoms with E-state index in [1.807, 2.05) is 31.2 Å². The molecule has 0 amide bonds. The summed E-state index contributed by atoms with van der Waals surface area (Å²) in [5, 5.41) is 7.59. The summed E-state index contributed by atoms with van der Waals surface area (Å²) in [5.74, 6) is 1.09. The lowest BCUT2D eigenvalue weighted by atomic mass is 9.93. The maximum Gasteiger partial charge on any atom is 0.171 e. The van der Waals surface area contributed by atoms with Crippen molar-refractivity contribution < 1.29 is 14.3 Å². The first-order valence-electron chi connectivity index (χ1n) is 8.84. The number of carbonyl (C=O) groups excluding carboxylic acids is 1. The molecule has 1 aliphatic heterocycles. The Balaban J connectivity index is 1.86. The fraction of sp³-hybridized carbons (Fsp3) is 0.238. The summed E-state index contributed by atoms with van der Waals surface area (Å²) in [5.41, 5.74) is 3.10. The summed E-state index contributed by atoms with van der Waals surface area (Å²) < 4.78 is 11.4. The van der Waals surface area contributed by atoms with Crippen LogP contribution >= 0.6 is 35.4 Å². The zero-order valence-corrected chi connectivity index (χ0v) is 18.5. The number of nitrogens with one attached hydrogen (secondary N) is 2. The predicted molar refractivity (Wildman–Crippen MR) is 119 cm³/mol. The van der Waals surface area contributed by atoms with Gasteiger partial charge in [-0.05, 0) is 61.5 Å². The summed E-state index contributed by atoms with van der Waals surface area (Å²) >= 11 is 17.3. The minimum atomic E-state index is -0.362. The quantitative estimate of drug-likeness (QED) is 0.606. The predicted octanol–water partition coefficient (Wildman–Crippen LogP) is 4.96. The second-order valence-corrected chi connectivity index (χ2v) is 7.80. The van der Waals surface area contributed by atoms with Crippen LogP contribution in [0.15, 0.2) is 47.7 Å². The van der Waals surface area contributed by atoms with Crippen molar-refractivity contribution in [3.63, 3.8) is 0 Å². The van der Waals surface area contributed by atoms with E-state index in [4.69, 9.17) is 44.9 Å². The van der Waals surface area contributed by atoms with Crippen LogP contribution in [0, 0.1) is 0 Å². The average Bonchev–Trinajstić information content (AvgIpc) is 2.67. The molecule has 0 saturated heterocycles.